The van der Waals surface area contributed by atoms with Gasteiger partial charge in [-0.2, -0.15) is 0 Å². The second-order valence-electron chi connectivity index (χ2n) is 3.26. The van der Waals surface area contributed by atoms with E-state index in [1.165, 1.54) is 0 Å². The molecule has 0 heterocycles. The Bertz CT molecular complexity index is 206. The highest BCUT2D eigenvalue weighted by Crippen LogP contribution is 1.99. The second kappa shape index (κ2) is 8.23. The molecular weight excluding hydrogens is 198 g/mol. The van der Waals surface area contributed by atoms with Gasteiger partial charge in [0.1, 0.15) is 0 Å². The second-order valence-corrected chi connectivity index (χ2v) is 3.26. The first-order valence-electron chi connectivity index (χ1n) is 5.11. The summed E-state index contributed by atoms with van der Waals surface area (Å²) in [6.07, 6.45) is 0.729. The molecule has 5 heteroatoms. The monoisotopic (exact) mass is 217 g/mol. The van der Waals surface area contributed by atoms with Crippen molar-refractivity contribution in [3.63, 3.8) is 0 Å². The van der Waals surface area contributed by atoms with Crippen LogP contribution in [-0.4, -0.2) is 48.7 Å². The van der Waals surface area contributed by atoms with Gasteiger partial charge in [0.2, 0.25) is 5.91 Å². The molecule has 0 saturated carbocycles. The Kier molecular flexibility index (Phi) is 7.62. The molecular formula is C10H19NO4. The average Bonchev–Trinajstić information content (AvgIpc) is 2.17. The third-order valence-electron chi connectivity index (χ3n) is 1.98. The lowest BCUT2D eigenvalue weighted by Crippen LogP contribution is -2.30. The average molecular weight is 217 g/mol. The molecule has 0 radical (unpaired) electrons. The topological polar surface area (TPSA) is 66.8 Å². The number of nitrogens with zero attached hydrogens (tertiary/aromatic N) is 1. The number of likely N-dealkylation sites (N-methyl/N-ethyl adjacent to an activating group) is 1. The molecule has 0 aliphatic rings. The molecule has 1 amide bonds. The standard InChI is InChI=1S/C10H19NO4/c1-3-15-8-7-11(2)9(12)5-4-6-10(13)14/h3-8H2,1-2H3,(H,13,14). The Balaban J connectivity index is 3.55. The fourth-order valence-corrected chi connectivity index (χ4v) is 1.05. The van der Waals surface area contributed by atoms with Crippen LogP contribution in [0.2, 0.25) is 0 Å². The molecule has 0 aliphatic carbocycles. The maximum atomic E-state index is 11.4. The first-order valence-corrected chi connectivity index (χ1v) is 5.11. The van der Waals surface area contributed by atoms with E-state index in [1.807, 2.05) is 6.92 Å². The van der Waals surface area contributed by atoms with Crippen molar-refractivity contribution in [2.75, 3.05) is 26.8 Å². The first-order chi connectivity index (χ1) is 7.07. The number of carbonyl (C=O) groups excluding carboxylic acids is 1. The van der Waals surface area contributed by atoms with E-state index in [1.54, 1.807) is 11.9 Å². The summed E-state index contributed by atoms with van der Waals surface area (Å²) >= 11 is 0. The largest absolute Gasteiger partial charge is 0.481 e. The van der Waals surface area contributed by atoms with E-state index < -0.39 is 5.97 Å². The predicted molar refractivity (Wildman–Crippen MR) is 55.6 cm³/mol. The van der Waals surface area contributed by atoms with Gasteiger partial charge in [-0.25, -0.2) is 0 Å². The Morgan fingerprint density at radius 3 is 2.53 bits per heavy atom. The van der Waals surface area contributed by atoms with Gasteiger partial charge in [-0.15, -0.1) is 0 Å². The third kappa shape index (κ3) is 7.93. The van der Waals surface area contributed by atoms with Crippen LogP contribution in [0, 0.1) is 0 Å². The molecule has 0 spiro atoms. The predicted octanol–water partition coefficient (Wildman–Crippen LogP) is 0.736. The number of aliphatic carboxylic acids is 1. The number of hydrogen-bond acceptors (Lipinski definition) is 3. The number of hydrogen-bond donors (Lipinski definition) is 1. The lowest BCUT2D eigenvalue weighted by molar-refractivity contribution is -0.137. The maximum Gasteiger partial charge on any atom is 0.303 e. The van der Waals surface area contributed by atoms with E-state index in [0.717, 1.165) is 0 Å². The van der Waals surface area contributed by atoms with Gasteiger partial charge in [-0.1, -0.05) is 0 Å². The lowest BCUT2D eigenvalue weighted by atomic mass is 10.2. The SMILES string of the molecule is CCOCCN(C)C(=O)CCCC(=O)O. The van der Waals surface area contributed by atoms with Gasteiger partial charge in [0.15, 0.2) is 0 Å². The van der Waals surface area contributed by atoms with E-state index in [9.17, 15) is 9.59 Å². The van der Waals surface area contributed by atoms with E-state index in [2.05, 4.69) is 0 Å². The zero-order chi connectivity index (χ0) is 11.7. The molecule has 5 nitrogen and oxygen atoms in total. The Labute approximate surface area is 90.0 Å². The minimum Gasteiger partial charge on any atom is -0.481 e. The molecule has 0 aromatic carbocycles. The molecule has 0 unspecified atom stereocenters. The number of carboxylic acid groups (broad SMARTS) is 1. The first kappa shape index (κ1) is 13.9. The zero-order valence-corrected chi connectivity index (χ0v) is 9.36. The van der Waals surface area contributed by atoms with Crippen molar-refractivity contribution in [1.29, 1.82) is 0 Å². The Morgan fingerprint density at radius 1 is 1.33 bits per heavy atom. The molecule has 0 saturated heterocycles. The zero-order valence-electron chi connectivity index (χ0n) is 9.36. The summed E-state index contributed by atoms with van der Waals surface area (Å²) in [4.78, 5) is 23.2. The van der Waals surface area contributed by atoms with Gasteiger partial charge in [-0.05, 0) is 13.3 Å². The van der Waals surface area contributed by atoms with E-state index in [0.29, 0.717) is 26.2 Å². The fraction of sp³-hybridized carbons (Fsp3) is 0.800. The molecule has 0 fully saturated rings. The number of amides is 1. The van der Waals surface area contributed by atoms with Gasteiger partial charge < -0.3 is 14.7 Å². The molecule has 0 atom stereocenters. The summed E-state index contributed by atoms with van der Waals surface area (Å²) in [5, 5.41) is 8.39. The van der Waals surface area contributed by atoms with Gasteiger partial charge in [0.25, 0.3) is 0 Å². The number of carboxylic acids is 1. The van der Waals surface area contributed by atoms with Crippen LogP contribution in [0.5, 0.6) is 0 Å². The van der Waals surface area contributed by atoms with Crippen molar-refractivity contribution in [1.82, 2.24) is 4.90 Å². The van der Waals surface area contributed by atoms with E-state index >= 15 is 0 Å². The van der Waals surface area contributed by atoms with Crippen molar-refractivity contribution >= 4 is 11.9 Å². The van der Waals surface area contributed by atoms with Crippen LogP contribution >= 0.6 is 0 Å². The lowest BCUT2D eigenvalue weighted by Gasteiger charge is -2.16. The summed E-state index contributed by atoms with van der Waals surface area (Å²) in [6, 6.07) is 0. The highest BCUT2D eigenvalue weighted by Gasteiger charge is 2.08. The van der Waals surface area contributed by atoms with Gasteiger partial charge in [0, 0.05) is 33.0 Å². The third-order valence-corrected chi connectivity index (χ3v) is 1.98. The summed E-state index contributed by atoms with van der Waals surface area (Å²) < 4.78 is 5.11. The van der Waals surface area contributed by atoms with Gasteiger partial charge in [0.05, 0.1) is 6.61 Å². The van der Waals surface area contributed by atoms with Crippen LogP contribution in [-0.2, 0) is 14.3 Å². The molecule has 1 N–H and O–H groups in total. The Hall–Kier alpha value is -1.10. The van der Waals surface area contributed by atoms with Gasteiger partial charge in [-0.3, -0.25) is 9.59 Å². The van der Waals surface area contributed by atoms with Crippen LogP contribution < -0.4 is 0 Å². The summed E-state index contributed by atoms with van der Waals surface area (Å²) in [7, 11) is 1.70. The Morgan fingerprint density at radius 2 is 2.00 bits per heavy atom. The van der Waals surface area contributed by atoms with Crippen LogP contribution in [0.25, 0.3) is 0 Å². The van der Waals surface area contributed by atoms with Crippen LogP contribution in [0.1, 0.15) is 26.2 Å². The van der Waals surface area contributed by atoms with Crippen LogP contribution in [0.4, 0.5) is 0 Å². The number of carbonyl (C=O) groups is 2. The highest BCUT2D eigenvalue weighted by atomic mass is 16.5. The fourth-order valence-electron chi connectivity index (χ4n) is 1.05. The molecule has 0 aromatic rings. The van der Waals surface area contributed by atoms with E-state index in [4.69, 9.17) is 9.84 Å². The van der Waals surface area contributed by atoms with Crippen molar-refractivity contribution in [2.24, 2.45) is 0 Å². The van der Waals surface area contributed by atoms with Gasteiger partial charge >= 0.3 is 5.97 Å². The maximum absolute atomic E-state index is 11.4. The van der Waals surface area contributed by atoms with Crippen molar-refractivity contribution in [3.05, 3.63) is 0 Å². The quantitative estimate of drug-likeness (QED) is 0.609. The highest BCUT2D eigenvalue weighted by molar-refractivity contribution is 5.76. The van der Waals surface area contributed by atoms with Crippen LogP contribution in [0.3, 0.4) is 0 Å². The minimum atomic E-state index is -0.861. The normalized spacial score (nSPS) is 10.0. The summed E-state index contributed by atoms with van der Waals surface area (Å²) in [6.45, 7) is 3.62. The number of rotatable bonds is 8. The summed E-state index contributed by atoms with van der Waals surface area (Å²) in [5.41, 5.74) is 0. The molecule has 0 aliphatic heterocycles. The smallest absolute Gasteiger partial charge is 0.303 e. The summed E-state index contributed by atoms with van der Waals surface area (Å²) in [5.74, 6) is -0.893. The molecule has 88 valence electrons. The van der Waals surface area contributed by atoms with Crippen LogP contribution in [0.15, 0.2) is 0 Å². The minimum absolute atomic E-state index is 0.0315. The molecule has 15 heavy (non-hydrogen) atoms. The number of ether oxygens (including phenoxy) is 1. The van der Waals surface area contributed by atoms with Crippen molar-refractivity contribution < 1.29 is 19.4 Å². The van der Waals surface area contributed by atoms with Crippen molar-refractivity contribution in [3.8, 4) is 0 Å². The molecule has 0 aromatic heterocycles. The molecule has 0 rings (SSSR count). The van der Waals surface area contributed by atoms with E-state index in [-0.39, 0.29) is 18.7 Å². The van der Waals surface area contributed by atoms with Crippen molar-refractivity contribution in [2.45, 2.75) is 26.2 Å². The molecule has 0 bridgehead atoms.